The third-order valence-corrected chi connectivity index (χ3v) is 2.96. The Bertz CT molecular complexity index is 724. The Morgan fingerprint density at radius 3 is 2.48 bits per heavy atom. The van der Waals surface area contributed by atoms with Crippen LogP contribution in [0.25, 0.3) is 0 Å². The van der Waals surface area contributed by atoms with E-state index in [0.29, 0.717) is 5.75 Å². The summed E-state index contributed by atoms with van der Waals surface area (Å²) in [6.45, 7) is 3.74. The van der Waals surface area contributed by atoms with Crippen LogP contribution in [0.3, 0.4) is 0 Å². The molecule has 0 saturated heterocycles. The van der Waals surface area contributed by atoms with Gasteiger partial charge in [0.05, 0.1) is 4.92 Å². The number of benzene rings is 2. The number of carboxylic acid groups (broad SMARTS) is 1. The molecule has 0 atom stereocenters. The van der Waals surface area contributed by atoms with E-state index in [1.54, 1.807) is 6.07 Å². The van der Waals surface area contributed by atoms with Crippen LogP contribution in [0.15, 0.2) is 36.4 Å². The SMILES string of the molecule is Cc1ccc(Oc2cccc(C(=O)O)c2[N+](=O)[O-])c(C)c1. The van der Waals surface area contributed by atoms with Crippen LogP contribution in [-0.2, 0) is 0 Å². The second-order valence-electron chi connectivity index (χ2n) is 4.59. The lowest BCUT2D eigenvalue weighted by Gasteiger charge is -2.10. The third-order valence-electron chi connectivity index (χ3n) is 2.96. The van der Waals surface area contributed by atoms with Gasteiger partial charge in [0.1, 0.15) is 11.3 Å². The second kappa shape index (κ2) is 5.62. The first kappa shape index (κ1) is 14.5. The van der Waals surface area contributed by atoms with Crippen LogP contribution in [0.4, 0.5) is 5.69 Å². The van der Waals surface area contributed by atoms with E-state index >= 15 is 0 Å². The van der Waals surface area contributed by atoms with Gasteiger partial charge >= 0.3 is 11.7 Å². The third kappa shape index (κ3) is 3.00. The molecule has 0 aromatic heterocycles. The molecule has 21 heavy (non-hydrogen) atoms. The van der Waals surface area contributed by atoms with Gasteiger partial charge in [-0.05, 0) is 37.6 Å². The molecule has 6 heteroatoms. The van der Waals surface area contributed by atoms with Crippen LogP contribution >= 0.6 is 0 Å². The summed E-state index contributed by atoms with van der Waals surface area (Å²) in [5, 5.41) is 20.2. The van der Waals surface area contributed by atoms with Crippen LogP contribution in [0.2, 0.25) is 0 Å². The predicted molar refractivity (Wildman–Crippen MR) is 76.0 cm³/mol. The number of para-hydroxylation sites is 1. The lowest BCUT2D eigenvalue weighted by Crippen LogP contribution is -2.04. The van der Waals surface area contributed by atoms with Crippen molar-refractivity contribution in [2.45, 2.75) is 13.8 Å². The summed E-state index contributed by atoms with van der Waals surface area (Å²) in [7, 11) is 0. The van der Waals surface area contributed by atoms with E-state index in [1.165, 1.54) is 18.2 Å². The average Bonchev–Trinajstić information content (AvgIpc) is 2.41. The highest BCUT2D eigenvalue weighted by Gasteiger charge is 2.25. The van der Waals surface area contributed by atoms with E-state index < -0.39 is 22.1 Å². The maximum Gasteiger partial charge on any atom is 0.342 e. The first-order chi connectivity index (χ1) is 9.90. The lowest BCUT2D eigenvalue weighted by atomic mass is 10.1. The van der Waals surface area contributed by atoms with Crippen LogP contribution in [0.5, 0.6) is 11.5 Å². The van der Waals surface area contributed by atoms with Gasteiger partial charge in [0.2, 0.25) is 5.75 Å². The molecule has 108 valence electrons. The molecule has 0 unspecified atom stereocenters. The predicted octanol–water partition coefficient (Wildman–Crippen LogP) is 3.70. The number of nitro benzene ring substituents is 1. The Kier molecular flexibility index (Phi) is 3.89. The molecule has 2 rings (SSSR count). The van der Waals surface area contributed by atoms with Gasteiger partial charge in [0, 0.05) is 0 Å². The van der Waals surface area contributed by atoms with Crippen molar-refractivity contribution in [3.8, 4) is 11.5 Å². The van der Waals surface area contributed by atoms with E-state index in [4.69, 9.17) is 9.84 Å². The number of aryl methyl sites for hydroxylation is 2. The van der Waals surface area contributed by atoms with Crippen molar-refractivity contribution in [3.05, 3.63) is 63.2 Å². The molecule has 0 spiro atoms. The monoisotopic (exact) mass is 287 g/mol. The summed E-state index contributed by atoms with van der Waals surface area (Å²) in [5.74, 6) is -1.01. The van der Waals surface area contributed by atoms with Crippen LogP contribution in [0.1, 0.15) is 21.5 Å². The van der Waals surface area contributed by atoms with Gasteiger partial charge < -0.3 is 9.84 Å². The van der Waals surface area contributed by atoms with Gasteiger partial charge in [-0.1, -0.05) is 23.8 Å². The van der Waals surface area contributed by atoms with Crippen molar-refractivity contribution in [2.24, 2.45) is 0 Å². The zero-order chi connectivity index (χ0) is 15.6. The lowest BCUT2D eigenvalue weighted by molar-refractivity contribution is -0.386. The standard InChI is InChI=1S/C15H13NO5/c1-9-6-7-12(10(2)8-9)21-13-5-3-4-11(15(17)18)14(13)16(19)20/h3-8H,1-2H3,(H,17,18). The number of carboxylic acids is 1. The number of aromatic carboxylic acids is 1. The van der Waals surface area contributed by atoms with Crippen molar-refractivity contribution in [3.63, 3.8) is 0 Å². The molecule has 0 aliphatic heterocycles. The molecule has 0 aliphatic carbocycles. The molecule has 0 radical (unpaired) electrons. The summed E-state index contributed by atoms with van der Waals surface area (Å²) in [6.07, 6.45) is 0. The van der Waals surface area contributed by atoms with Gasteiger partial charge in [-0.15, -0.1) is 0 Å². The number of nitrogens with zero attached hydrogens (tertiary/aromatic N) is 1. The smallest absolute Gasteiger partial charge is 0.342 e. The number of rotatable bonds is 4. The van der Waals surface area contributed by atoms with Crippen LogP contribution in [0, 0.1) is 24.0 Å². The quantitative estimate of drug-likeness (QED) is 0.684. The molecule has 0 aliphatic rings. The summed E-state index contributed by atoms with van der Waals surface area (Å²) in [5.41, 5.74) is 0.894. The average molecular weight is 287 g/mol. The molecule has 0 bridgehead atoms. The Morgan fingerprint density at radius 2 is 1.90 bits per heavy atom. The van der Waals surface area contributed by atoms with Crippen molar-refractivity contribution in [1.82, 2.24) is 0 Å². The van der Waals surface area contributed by atoms with Crippen molar-refractivity contribution < 1.29 is 19.6 Å². The van der Waals surface area contributed by atoms with Crippen molar-refractivity contribution >= 4 is 11.7 Å². The van der Waals surface area contributed by atoms with E-state index in [1.807, 2.05) is 26.0 Å². The van der Waals surface area contributed by atoms with Gasteiger partial charge in [0.15, 0.2) is 0 Å². The largest absolute Gasteiger partial charge is 0.477 e. The highest BCUT2D eigenvalue weighted by atomic mass is 16.6. The minimum Gasteiger partial charge on any atom is -0.477 e. The molecule has 0 saturated carbocycles. The number of hydrogen-bond acceptors (Lipinski definition) is 4. The van der Waals surface area contributed by atoms with Crippen LogP contribution in [-0.4, -0.2) is 16.0 Å². The second-order valence-corrected chi connectivity index (χ2v) is 4.59. The van der Waals surface area contributed by atoms with E-state index in [2.05, 4.69) is 0 Å². The highest BCUT2D eigenvalue weighted by Crippen LogP contribution is 2.35. The Morgan fingerprint density at radius 1 is 1.19 bits per heavy atom. The Labute approximate surface area is 120 Å². The molecule has 6 nitrogen and oxygen atoms in total. The zero-order valence-electron chi connectivity index (χ0n) is 11.5. The maximum absolute atomic E-state index is 11.1. The van der Waals surface area contributed by atoms with Gasteiger partial charge in [-0.2, -0.15) is 0 Å². The van der Waals surface area contributed by atoms with Gasteiger partial charge in [-0.25, -0.2) is 4.79 Å². The zero-order valence-corrected chi connectivity index (χ0v) is 11.5. The molecule has 0 fully saturated rings. The fourth-order valence-corrected chi connectivity index (χ4v) is 2.00. The molecule has 2 aromatic rings. The first-order valence-corrected chi connectivity index (χ1v) is 6.16. The number of hydrogen-bond donors (Lipinski definition) is 1. The van der Waals surface area contributed by atoms with Gasteiger partial charge in [0.25, 0.3) is 0 Å². The summed E-state index contributed by atoms with van der Waals surface area (Å²) in [4.78, 5) is 21.5. The normalized spacial score (nSPS) is 10.2. The molecule has 1 N–H and O–H groups in total. The highest BCUT2D eigenvalue weighted by molar-refractivity contribution is 5.93. The number of ether oxygens (including phenoxy) is 1. The first-order valence-electron chi connectivity index (χ1n) is 6.16. The van der Waals surface area contributed by atoms with Crippen molar-refractivity contribution in [2.75, 3.05) is 0 Å². The van der Waals surface area contributed by atoms with Crippen molar-refractivity contribution in [1.29, 1.82) is 0 Å². The molecule has 0 amide bonds. The molecular weight excluding hydrogens is 274 g/mol. The van der Waals surface area contributed by atoms with E-state index in [9.17, 15) is 14.9 Å². The van der Waals surface area contributed by atoms with Gasteiger partial charge in [-0.3, -0.25) is 10.1 Å². The fourth-order valence-electron chi connectivity index (χ4n) is 2.00. The number of carbonyl (C=O) groups is 1. The van der Waals surface area contributed by atoms with Crippen LogP contribution < -0.4 is 4.74 Å². The molecule has 2 aromatic carbocycles. The summed E-state index contributed by atoms with van der Waals surface area (Å²) in [6, 6.07) is 9.35. The summed E-state index contributed by atoms with van der Waals surface area (Å²) >= 11 is 0. The Balaban J connectivity index is 2.51. The topological polar surface area (TPSA) is 89.7 Å². The minimum atomic E-state index is -1.37. The maximum atomic E-state index is 11.1. The fraction of sp³-hybridized carbons (Fsp3) is 0.133. The summed E-state index contributed by atoms with van der Waals surface area (Å²) < 4.78 is 5.54. The molecule has 0 heterocycles. The minimum absolute atomic E-state index is 0.0909. The number of nitro groups is 1. The van der Waals surface area contributed by atoms with E-state index in [-0.39, 0.29) is 5.75 Å². The van der Waals surface area contributed by atoms with E-state index in [0.717, 1.165) is 11.1 Å². The Hall–Kier alpha value is -2.89. The molecular formula is C15H13NO5.